The number of aryl methyl sites for hydroxylation is 1. The molecule has 0 unspecified atom stereocenters. The normalized spacial score (nSPS) is 14.9. The van der Waals surface area contributed by atoms with Gasteiger partial charge in [0.15, 0.2) is 5.78 Å². The van der Waals surface area contributed by atoms with E-state index in [1.165, 1.54) is 12.1 Å². The summed E-state index contributed by atoms with van der Waals surface area (Å²) in [5.41, 5.74) is 2.39. The zero-order valence-electron chi connectivity index (χ0n) is 9.03. The molecule has 0 fully saturated rings. The van der Waals surface area contributed by atoms with Crippen LogP contribution in [0, 0.1) is 10.1 Å². The van der Waals surface area contributed by atoms with Gasteiger partial charge < -0.3 is 4.98 Å². The van der Waals surface area contributed by atoms with Crippen LogP contribution >= 0.6 is 0 Å². The van der Waals surface area contributed by atoms with Crippen LogP contribution in [0.25, 0.3) is 10.9 Å². The van der Waals surface area contributed by atoms with E-state index >= 15 is 0 Å². The van der Waals surface area contributed by atoms with Gasteiger partial charge >= 0.3 is 0 Å². The largest absolute Gasteiger partial charge is 0.358 e. The van der Waals surface area contributed by atoms with Gasteiger partial charge in [0.2, 0.25) is 0 Å². The van der Waals surface area contributed by atoms with Crippen molar-refractivity contribution in [2.24, 2.45) is 0 Å². The lowest BCUT2D eigenvalue weighted by molar-refractivity contribution is -0.384. The highest BCUT2D eigenvalue weighted by Crippen LogP contribution is 2.31. The number of nitrogens with zero attached hydrogens (tertiary/aromatic N) is 1. The number of Topliss-reactive ketones (excluding diaryl/α,β-unsaturated/α-hetero) is 1. The van der Waals surface area contributed by atoms with E-state index in [2.05, 4.69) is 4.98 Å². The summed E-state index contributed by atoms with van der Waals surface area (Å²) >= 11 is 0. The molecule has 1 heterocycles. The molecule has 0 amide bonds. The van der Waals surface area contributed by atoms with Gasteiger partial charge in [0, 0.05) is 40.7 Å². The predicted octanol–water partition coefficient (Wildman–Crippen LogP) is 2.60. The number of rotatable bonds is 1. The molecule has 1 aromatic heterocycles. The summed E-state index contributed by atoms with van der Waals surface area (Å²) in [6, 6.07) is 4.60. The molecule has 2 aromatic rings. The lowest BCUT2D eigenvalue weighted by Gasteiger charge is -2.09. The van der Waals surface area contributed by atoms with E-state index in [1.54, 1.807) is 6.07 Å². The number of nitro groups is 1. The van der Waals surface area contributed by atoms with Gasteiger partial charge in [-0.1, -0.05) is 0 Å². The van der Waals surface area contributed by atoms with Gasteiger partial charge in [-0.2, -0.15) is 0 Å². The first-order valence-corrected chi connectivity index (χ1v) is 5.49. The second kappa shape index (κ2) is 3.41. The van der Waals surface area contributed by atoms with Crippen LogP contribution in [0.2, 0.25) is 0 Å². The van der Waals surface area contributed by atoms with Crippen molar-refractivity contribution in [2.45, 2.75) is 19.3 Å². The molecule has 0 saturated heterocycles. The average molecular weight is 230 g/mol. The number of hydrogen-bond donors (Lipinski definition) is 1. The number of hydrogen-bond acceptors (Lipinski definition) is 3. The Morgan fingerprint density at radius 3 is 2.88 bits per heavy atom. The van der Waals surface area contributed by atoms with Crippen molar-refractivity contribution in [3.05, 3.63) is 39.6 Å². The zero-order valence-corrected chi connectivity index (χ0v) is 9.03. The van der Waals surface area contributed by atoms with Crippen LogP contribution in [-0.2, 0) is 6.42 Å². The fraction of sp³-hybridized carbons (Fsp3) is 0.250. The molecule has 0 spiro atoms. The molecule has 5 nitrogen and oxygen atoms in total. The molecular formula is C12H10N2O3. The summed E-state index contributed by atoms with van der Waals surface area (Å²) in [7, 11) is 0. The third kappa shape index (κ3) is 1.43. The molecule has 0 atom stereocenters. The lowest BCUT2D eigenvalue weighted by Crippen LogP contribution is -2.09. The third-order valence-corrected chi connectivity index (χ3v) is 3.18. The average Bonchev–Trinajstić information content (AvgIpc) is 2.67. The fourth-order valence-corrected chi connectivity index (χ4v) is 2.41. The predicted molar refractivity (Wildman–Crippen MR) is 62.2 cm³/mol. The van der Waals surface area contributed by atoms with Crippen molar-refractivity contribution >= 4 is 22.4 Å². The minimum absolute atomic E-state index is 0.0256. The van der Waals surface area contributed by atoms with Crippen molar-refractivity contribution < 1.29 is 9.72 Å². The molecule has 3 rings (SSSR count). The monoisotopic (exact) mass is 230 g/mol. The van der Waals surface area contributed by atoms with Gasteiger partial charge in [0.25, 0.3) is 5.69 Å². The Labute approximate surface area is 96.6 Å². The molecule has 0 saturated carbocycles. The summed E-state index contributed by atoms with van der Waals surface area (Å²) < 4.78 is 0. The number of carbonyl (C=O) groups is 1. The highest BCUT2D eigenvalue weighted by Gasteiger charge is 2.23. The van der Waals surface area contributed by atoms with Gasteiger partial charge in [0.05, 0.1) is 4.92 Å². The van der Waals surface area contributed by atoms with Crippen molar-refractivity contribution in [1.29, 1.82) is 0 Å². The highest BCUT2D eigenvalue weighted by atomic mass is 16.6. The number of fused-ring (bicyclic) bond motifs is 3. The summed E-state index contributed by atoms with van der Waals surface area (Å²) in [5.74, 6) is 0.0815. The summed E-state index contributed by atoms with van der Waals surface area (Å²) in [6.07, 6.45) is 2.22. The standard InChI is InChI=1S/C12H10N2O3/c15-11-3-1-2-10-12(11)8-6-7(14(16)17)4-5-9(8)13-10/h4-6,13H,1-3H2. The number of nitro benzene ring substituents is 1. The lowest BCUT2D eigenvalue weighted by atomic mass is 9.94. The second-order valence-electron chi connectivity index (χ2n) is 4.24. The van der Waals surface area contributed by atoms with Crippen LogP contribution in [0.3, 0.4) is 0 Å². The van der Waals surface area contributed by atoms with E-state index < -0.39 is 4.92 Å². The van der Waals surface area contributed by atoms with Crippen LogP contribution < -0.4 is 0 Å². The maximum Gasteiger partial charge on any atom is 0.270 e. The van der Waals surface area contributed by atoms with E-state index in [0.717, 1.165) is 24.1 Å². The van der Waals surface area contributed by atoms with E-state index in [1.807, 2.05) is 0 Å². The zero-order chi connectivity index (χ0) is 12.0. The van der Waals surface area contributed by atoms with Crippen LogP contribution in [0.1, 0.15) is 28.9 Å². The maximum absolute atomic E-state index is 11.9. The quantitative estimate of drug-likeness (QED) is 0.604. The Kier molecular flexibility index (Phi) is 2.01. The second-order valence-corrected chi connectivity index (χ2v) is 4.24. The Morgan fingerprint density at radius 1 is 1.29 bits per heavy atom. The van der Waals surface area contributed by atoms with E-state index in [-0.39, 0.29) is 11.5 Å². The van der Waals surface area contributed by atoms with Crippen molar-refractivity contribution in [2.75, 3.05) is 0 Å². The number of non-ortho nitro benzene ring substituents is 1. The number of H-pyrrole nitrogens is 1. The van der Waals surface area contributed by atoms with E-state index in [9.17, 15) is 14.9 Å². The first kappa shape index (κ1) is 10.0. The molecule has 5 heteroatoms. The maximum atomic E-state index is 11.9. The van der Waals surface area contributed by atoms with Crippen LogP contribution in [-0.4, -0.2) is 15.7 Å². The summed E-state index contributed by atoms with van der Waals surface area (Å²) in [4.78, 5) is 25.3. The molecular weight excluding hydrogens is 220 g/mol. The van der Waals surface area contributed by atoms with Gasteiger partial charge in [-0.25, -0.2) is 0 Å². The number of aromatic amines is 1. The molecule has 1 aromatic carbocycles. The smallest absolute Gasteiger partial charge is 0.270 e. The summed E-state index contributed by atoms with van der Waals surface area (Å²) in [6.45, 7) is 0. The van der Waals surface area contributed by atoms with Crippen LogP contribution in [0.5, 0.6) is 0 Å². The number of aromatic nitrogens is 1. The molecule has 0 aliphatic heterocycles. The van der Waals surface area contributed by atoms with Gasteiger partial charge in [-0.3, -0.25) is 14.9 Å². The van der Waals surface area contributed by atoms with Crippen LogP contribution in [0.4, 0.5) is 5.69 Å². The van der Waals surface area contributed by atoms with E-state index in [0.29, 0.717) is 17.4 Å². The molecule has 1 aliphatic carbocycles. The van der Waals surface area contributed by atoms with Crippen molar-refractivity contribution in [3.63, 3.8) is 0 Å². The summed E-state index contributed by atoms with van der Waals surface area (Å²) in [5, 5.41) is 11.4. The van der Waals surface area contributed by atoms with Crippen molar-refractivity contribution in [1.82, 2.24) is 4.98 Å². The molecule has 1 aliphatic rings. The SMILES string of the molecule is O=C1CCCc2[nH]c3ccc([N+](=O)[O-])cc3c21. The number of nitrogens with one attached hydrogen (secondary N) is 1. The topological polar surface area (TPSA) is 76.0 Å². The third-order valence-electron chi connectivity index (χ3n) is 3.18. The molecule has 0 bridgehead atoms. The van der Waals surface area contributed by atoms with Crippen molar-refractivity contribution in [3.8, 4) is 0 Å². The van der Waals surface area contributed by atoms with E-state index in [4.69, 9.17) is 0 Å². The van der Waals surface area contributed by atoms with Gasteiger partial charge in [0.1, 0.15) is 0 Å². The Hall–Kier alpha value is -2.17. The Morgan fingerprint density at radius 2 is 2.12 bits per heavy atom. The molecule has 17 heavy (non-hydrogen) atoms. The first-order valence-electron chi connectivity index (χ1n) is 5.49. The number of carbonyl (C=O) groups excluding carboxylic acids is 1. The molecule has 1 N–H and O–H groups in total. The van der Waals surface area contributed by atoms with Gasteiger partial charge in [-0.15, -0.1) is 0 Å². The fourth-order valence-electron chi connectivity index (χ4n) is 2.41. The minimum Gasteiger partial charge on any atom is -0.358 e. The first-order chi connectivity index (χ1) is 8.16. The van der Waals surface area contributed by atoms with Gasteiger partial charge in [-0.05, 0) is 18.9 Å². The minimum atomic E-state index is -0.438. The Balaban J connectivity index is 2.31. The number of benzene rings is 1. The number of ketones is 1. The molecule has 86 valence electrons. The highest BCUT2D eigenvalue weighted by molar-refractivity contribution is 6.10. The Bertz CT molecular complexity index is 642. The van der Waals surface area contributed by atoms with Crippen LogP contribution in [0.15, 0.2) is 18.2 Å². The molecule has 0 radical (unpaired) electrons.